The highest BCUT2D eigenvalue weighted by molar-refractivity contribution is 5.74. The number of hydrogen-bond donors (Lipinski definition) is 2. The molecule has 9 heteroatoms. The van der Waals surface area contributed by atoms with E-state index in [9.17, 15) is 23.1 Å². The normalized spacial score (nSPS) is 22.7. The molecule has 0 radical (unpaired) electrons. The monoisotopic (exact) mass is 348 g/mol. The number of aliphatic hydroxyl groups is 1. The van der Waals surface area contributed by atoms with Crippen LogP contribution in [0.25, 0.3) is 0 Å². The average Bonchev–Trinajstić information content (AvgIpc) is 3.00. The van der Waals surface area contributed by atoms with Crippen LogP contribution >= 0.6 is 0 Å². The van der Waals surface area contributed by atoms with E-state index in [-0.39, 0.29) is 12.5 Å². The zero-order valence-corrected chi connectivity index (χ0v) is 14.0. The molecule has 0 spiro atoms. The number of aryl methyl sites for hydroxylation is 2. The van der Waals surface area contributed by atoms with E-state index in [0.717, 1.165) is 16.3 Å². The predicted octanol–water partition coefficient (Wildman–Crippen LogP) is 1.84. The molecule has 0 unspecified atom stereocenters. The Labute approximate surface area is 138 Å². The number of aromatic nitrogens is 2. The second-order valence-corrected chi connectivity index (χ2v) is 6.60. The Hall–Kier alpha value is -1.77. The first-order valence-electron chi connectivity index (χ1n) is 7.85. The van der Waals surface area contributed by atoms with Crippen molar-refractivity contribution in [3.8, 4) is 0 Å². The molecule has 0 aromatic carbocycles. The molecule has 0 aliphatic carbocycles. The van der Waals surface area contributed by atoms with E-state index in [2.05, 4.69) is 10.4 Å². The van der Waals surface area contributed by atoms with Crippen molar-refractivity contribution in [1.82, 2.24) is 20.0 Å². The largest absolute Gasteiger partial charge is 0.419 e. The van der Waals surface area contributed by atoms with E-state index in [4.69, 9.17) is 0 Å². The number of carbonyl (C=O) groups is 1. The van der Waals surface area contributed by atoms with Crippen molar-refractivity contribution in [3.63, 3.8) is 0 Å². The fourth-order valence-electron chi connectivity index (χ4n) is 2.79. The second-order valence-electron chi connectivity index (χ2n) is 6.60. The number of alkyl halides is 3. The van der Waals surface area contributed by atoms with Crippen molar-refractivity contribution in [1.29, 1.82) is 0 Å². The quantitative estimate of drug-likeness (QED) is 0.872. The number of halogens is 3. The summed E-state index contributed by atoms with van der Waals surface area (Å²) in [7, 11) is 0. The molecule has 2 N–H and O–H groups in total. The third-order valence-corrected chi connectivity index (χ3v) is 4.25. The lowest BCUT2D eigenvalue weighted by Gasteiger charge is -2.26. The fourth-order valence-corrected chi connectivity index (χ4v) is 2.79. The Bertz CT molecular complexity index is 602. The molecule has 0 saturated carbocycles. The van der Waals surface area contributed by atoms with Gasteiger partial charge < -0.3 is 15.3 Å². The van der Waals surface area contributed by atoms with Crippen LogP contribution in [-0.4, -0.2) is 57.2 Å². The highest BCUT2D eigenvalue weighted by atomic mass is 19.4. The van der Waals surface area contributed by atoms with E-state index in [0.29, 0.717) is 13.1 Å². The molecule has 1 aliphatic heterocycles. The number of rotatable bonds is 4. The number of likely N-dealkylation sites (tertiary alicyclic amines) is 1. The van der Waals surface area contributed by atoms with Crippen LogP contribution in [0.5, 0.6) is 0 Å². The minimum atomic E-state index is -4.73. The summed E-state index contributed by atoms with van der Waals surface area (Å²) in [5.74, 6) is 0.0658. The van der Waals surface area contributed by atoms with Crippen molar-refractivity contribution in [2.75, 3.05) is 19.6 Å². The van der Waals surface area contributed by atoms with Gasteiger partial charge in [0.15, 0.2) is 5.60 Å². The van der Waals surface area contributed by atoms with Crippen molar-refractivity contribution in [3.05, 3.63) is 17.5 Å². The minimum Gasteiger partial charge on any atom is -0.379 e. The van der Waals surface area contributed by atoms with Crippen LogP contribution in [0, 0.1) is 19.8 Å². The number of hydrogen-bond acceptors (Lipinski definition) is 3. The molecule has 136 valence electrons. The van der Waals surface area contributed by atoms with Crippen LogP contribution in [-0.2, 0) is 6.54 Å². The third-order valence-electron chi connectivity index (χ3n) is 4.25. The predicted molar refractivity (Wildman–Crippen MR) is 81.5 cm³/mol. The van der Waals surface area contributed by atoms with Gasteiger partial charge in [-0.05, 0) is 25.8 Å². The lowest BCUT2D eigenvalue weighted by Crippen LogP contribution is -2.49. The smallest absolute Gasteiger partial charge is 0.379 e. The summed E-state index contributed by atoms with van der Waals surface area (Å²) in [6.45, 7) is 5.83. The zero-order valence-electron chi connectivity index (χ0n) is 14.0. The molecule has 1 fully saturated rings. The summed E-state index contributed by atoms with van der Waals surface area (Å²) in [5, 5.41) is 16.6. The minimum absolute atomic E-state index is 0.0658. The third kappa shape index (κ3) is 4.00. The lowest BCUT2D eigenvalue weighted by molar-refractivity contribution is -0.253. The van der Waals surface area contributed by atoms with E-state index < -0.39 is 30.8 Å². The SMILES string of the molecule is Cc1cc(C)n(C[C@@H](C)CNC(=O)N2CC[C@@](O)(C(F)(F)F)C2)n1. The maximum atomic E-state index is 12.8. The van der Waals surface area contributed by atoms with Gasteiger partial charge in [0.25, 0.3) is 0 Å². The number of amides is 2. The van der Waals surface area contributed by atoms with Gasteiger partial charge in [-0.2, -0.15) is 18.3 Å². The van der Waals surface area contributed by atoms with Gasteiger partial charge >= 0.3 is 12.2 Å². The first kappa shape index (κ1) is 18.6. The molecule has 6 nitrogen and oxygen atoms in total. The molecular formula is C15H23F3N4O2. The lowest BCUT2D eigenvalue weighted by atomic mass is 10.0. The Kier molecular flexibility index (Phi) is 5.12. The number of nitrogens with one attached hydrogen (secondary N) is 1. The first-order valence-corrected chi connectivity index (χ1v) is 7.85. The number of nitrogens with zero attached hydrogens (tertiary/aromatic N) is 3. The average molecular weight is 348 g/mol. The van der Waals surface area contributed by atoms with Gasteiger partial charge in [-0.3, -0.25) is 4.68 Å². The van der Waals surface area contributed by atoms with Crippen LogP contribution in [0.2, 0.25) is 0 Å². The van der Waals surface area contributed by atoms with Gasteiger partial charge in [0, 0.05) is 31.7 Å². The molecule has 2 heterocycles. The highest BCUT2D eigenvalue weighted by Gasteiger charge is 2.57. The van der Waals surface area contributed by atoms with Gasteiger partial charge in [0.05, 0.1) is 12.2 Å². The first-order chi connectivity index (χ1) is 11.0. The van der Waals surface area contributed by atoms with Crippen molar-refractivity contribution < 1.29 is 23.1 Å². The Balaban J connectivity index is 1.82. The van der Waals surface area contributed by atoms with Gasteiger partial charge in [-0.15, -0.1) is 0 Å². The van der Waals surface area contributed by atoms with Crippen LogP contribution in [0.4, 0.5) is 18.0 Å². The Morgan fingerprint density at radius 1 is 1.50 bits per heavy atom. The van der Waals surface area contributed by atoms with Crippen LogP contribution < -0.4 is 5.32 Å². The number of β-amino-alcohol motifs (C(OH)–C–C–N with tert-alkyl or cyclic N) is 1. The molecule has 2 rings (SSSR count). The van der Waals surface area contributed by atoms with Gasteiger partial charge in [0.2, 0.25) is 0 Å². The molecule has 1 aromatic rings. The summed E-state index contributed by atoms with van der Waals surface area (Å²) in [6.07, 6.45) is -5.23. The topological polar surface area (TPSA) is 70.4 Å². The van der Waals surface area contributed by atoms with E-state index >= 15 is 0 Å². The van der Waals surface area contributed by atoms with Crippen LogP contribution in [0.15, 0.2) is 6.07 Å². The van der Waals surface area contributed by atoms with Crippen LogP contribution in [0.1, 0.15) is 24.7 Å². The summed E-state index contributed by atoms with van der Waals surface area (Å²) < 4.78 is 40.1. The molecule has 1 aromatic heterocycles. The summed E-state index contributed by atoms with van der Waals surface area (Å²) in [6, 6.07) is 1.36. The standard InChI is InChI=1S/C15H23F3N4O2/c1-10(8-22-12(3)6-11(2)20-22)7-19-13(23)21-5-4-14(24,9-21)15(16,17)18/h6,10,24H,4-5,7-9H2,1-3H3,(H,19,23)/t10-,14-/m0/s1. The van der Waals surface area contributed by atoms with Gasteiger partial charge in [-0.1, -0.05) is 6.92 Å². The number of urea groups is 1. The molecule has 24 heavy (non-hydrogen) atoms. The number of carbonyl (C=O) groups excluding carboxylic acids is 1. The Morgan fingerprint density at radius 2 is 2.17 bits per heavy atom. The zero-order chi connectivity index (χ0) is 18.1. The molecule has 1 saturated heterocycles. The molecule has 2 atom stereocenters. The molecule has 1 aliphatic rings. The maximum Gasteiger partial charge on any atom is 0.419 e. The van der Waals surface area contributed by atoms with Crippen molar-refractivity contribution >= 4 is 6.03 Å². The maximum absolute atomic E-state index is 12.8. The second kappa shape index (κ2) is 6.62. The van der Waals surface area contributed by atoms with Crippen LogP contribution in [0.3, 0.4) is 0 Å². The fraction of sp³-hybridized carbons (Fsp3) is 0.733. The summed E-state index contributed by atoms with van der Waals surface area (Å²) >= 11 is 0. The Morgan fingerprint density at radius 3 is 2.67 bits per heavy atom. The van der Waals surface area contributed by atoms with Crippen molar-refractivity contribution in [2.45, 2.75) is 45.5 Å². The van der Waals surface area contributed by atoms with Crippen molar-refractivity contribution in [2.24, 2.45) is 5.92 Å². The van der Waals surface area contributed by atoms with Gasteiger partial charge in [0.1, 0.15) is 0 Å². The van der Waals surface area contributed by atoms with E-state index in [1.165, 1.54) is 0 Å². The van der Waals surface area contributed by atoms with E-state index in [1.807, 2.05) is 31.5 Å². The van der Waals surface area contributed by atoms with Gasteiger partial charge in [-0.25, -0.2) is 4.79 Å². The van der Waals surface area contributed by atoms with E-state index in [1.54, 1.807) is 0 Å². The molecule has 2 amide bonds. The molecule has 0 bridgehead atoms. The summed E-state index contributed by atoms with van der Waals surface area (Å²) in [5.41, 5.74) is -0.882. The highest BCUT2D eigenvalue weighted by Crippen LogP contribution is 2.37. The molecular weight excluding hydrogens is 325 g/mol. The summed E-state index contributed by atoms with van der Waals surface area (Å²) in [4.78, 5) is 13.0.